The average molecular weight is 320 g/mol. The first kappa shape index (κ1) is 11.7. The van der Waals surface area contributed by atoms with Crippen molar-refractivity contribution >= 4 is 38.9 Å². The highest BCUT2D eigenvalue weighted by molar-refractivity contribution is 9.12. The molecule has 0 atom stereocenters. The summed E-state index contributed by atoms with van der Waals surface area (Å²) in [6.45, 7) is 0. The Morgan fingerprint density at radius 1 is 0.889 bits per heavy atom. The molecule has 0 aliphatic heterocycles. The summed E-state index contributed by atoms with van der Waals surface area (Å²) < 4.78 is 0.617. The molecule has 0 amide bonds. The molecule has 1 nitrogen and oxygen atoms in total. The van der Waals surface area contributed by atoms with Crippen LogP contribution in [0, 0.1) is 0 Å². The van der Waals surface area contributed by atoms with E-state index in [1.165, 1.54) is 0 Å². The van der Waals surface area contributed by atoms with Crippen molar-refractivity contribution in [1.29, 1.82) is 0 Å². The maximum absolute atomic E-state index is 12.1. The molecule has 3 heteroatoms. The molecule has 0 saturated heterocycles. The minimum absolute atomic E-state index is 0.0375. The van der Waals surface area contributed by atoms with Gasteiger partial charge in [-0.2, -0.15) is 0 Å². The van der Waals surface area contributed by atoms with Crippen molar-refractivity contribution in [2.75, 3.05) is 0 Å². The van der Waals surface area contributed by atoms with Crippen LogP contribution in [0.15, 0.2) is 53.0 Å². The number of rotatable bonds is 1. The van der Waals surface area contributed by atoms with Gasteiger partial charge in [0.05, 0.1) is 4.48 Å². The number of ketones is 1. The number of hydrogen-bond donors (Lipinski definition) is 0. The van der Waals surface area contributed by atoms with E-state index in [0.29, 0.717) is 9.51 Å². The number of halogens is 2. The predicted molar refractivity (Wildman–Crippen MR) is 77.2 cm³/mol. The zero-order chi connectivity index (χ0) is 12.7. The summed E-state index contributed by atoms with van der Waals surface area (Å²) in [5, 5.41) is 0.688. The van der Waals surface area contributed by atoms with E-state index in [-0.39, 0.29) is 5.78 Å². The van der Waals surface area contributed by atoms with Crippen LogP contribution in [-0.2, 0) is 0 Å². The largest absolute Gasteiger partial charge is 0.288 e. The van der Waals surface area contributed by atoms with E-state index < -0.39 is 0 Å². The summed E-state index contributed by atoms with van der Waals surface area (Å²) >= 11 is 9.29. The van der Waals surface area contributed by atoms with Crippen LogP contribution in [0.4, 0.5) is 0 Å². The van der Waals surface area contributed by atoms with Crippen molar-refractivity contribution in [3.05, 3.63) is 74.7 Å². The fourth-order valence-corrected chi connectivity index (χ4v) is 2.93. The zero-order valence-electron chi connectivity index (χ0n) is 9.28. The molecule has 0 spiro atoms. The quantitative estimate of drug-likeness (QED) is 0.745. The average Bonchev–Trinajstić information content (AvgIpc) is 2.64. The maximum Gasteiger partial charge on any atom is 0.201 e. The Morgan fingerprint density at radius 2 is 1.50 bits per heavy atom. The lowest BCUT2D eigenvalue weighted by Crippen LogP contribution is -1.92. The van der Waals surface area contributed by atoms with Gasteiger partial charge in [0, 0.05) is 16.2 Å². The highest BCUT2D eigenvalue weighted by Gasteiger charge is 2.28. The molecule has 0 radical (unpaired) electrons. The van der Waals surface area contributed by atoms with Gasteiger partial charge in [-0.15, -0.1) is 0 Å². The summed E-state index contributed by atoms with van der Waals surface area (Å²) in [6, 6.07) is 15.1. The fourth-order valence-electron chi connectivity index (χ4n) is 2.15. The third kappa shape index (κ3) is 1.73. The summed E-state index contributed by atoms with van der Waals surface area (Å²) in [5.74, 6) is 0.0375. The van der Waals surface area contributed by atoms with Crippen LogP contribution >= 0.6 is 27.5 Å². The van der Waals surface area contributed by atoms with Gasteiger partial charge in [0.15, 0.2) is 0 Å². The van der Waals surface area contributed by atoms with E-state index >= 15 is 0 Å². The minimum Gasteiger partial charge on any atom is -0.288 e. The molecule has 2 aromatic carbocycles. The van der Waals surface area contributed by atoms with Gasteiger partial charge in [-0.05, 0) is 39.2 Å². The van der Waals surface area contributed by atoms with Gasteiger partial charge in [0.1, 0.15) is 0 Å². The molecule has 0 fully saturated rings. The van der Waals surface area contributed by atoms with Gasteiger partial charge in [-0.3, -0.25) is 4.79 Å². The van der Waals surface area contributed by atoms with E-state index in [0.717, 1.165) is 22.3 Å². The van der Waals surface area contributed by atoms with Crippen LogP contribution in [-0.4, -0.2) is 5.78 Å². The summed E-state index contributed by atoms with van der Waals surface area (Å²) in [5.41, 5.74) is 3.64. The first-order chi connectivity index (χ1) is 8.68. The van der Waals surface area contributed by atoms with Crippen LogP contribution in [0.1, 0.15) is 21.5 Å². The normalized spacial score (nSPS) is 14.0. The minimum atomic E-state index is 0.0375. The first-order valence-electron chi connectivity index (χ1n) is 5.48. The number of allylic oxidation sites excluding steroid dienone is 1. The number of fused-ring (bicyclic) bond motifs is 1. The van der Waals surface area contributed by atoms with E-state index in [2.05, 4.69) is 15.9 Å². The second-order valence-electron chi connectivity index (χ2n) is 4.07. The van der Waals surface area contributed by atoms with Crippen molar-refractivity contribution in [1.82, 2.24) is 0 Å². The summed E-state index contributed by atoms with van der Waals surface area (Å²) in [6.07, 6.45) is 0. The molecule has 3 rings (SSSR count). The molecule has 1 aliphatic carbocycles. The van der Waals surface area contributed by atoms with Gasteiger partial charge >= 0.3 is 0 Å². The Hall–Kier alpha value is -1.38. The van der Waals surface area contributed by atoms with E-state index in [9.17, 15) is 4.79 Å². The van der Waals surface area contributed by atoms with Crippen molar-refractivity contribution in [2.24, 2.45) is 0 Å². The molecule has 0 saturated carbocycles. The molecule has 0 bridgehead atoms. The lowest BCUT2D eigenvalue weighted by molar-refractivity contribution is 0.104. The zero-order valence-corrected chi connectivity index (χ0v) is 11.6. The third-order valence-electron chi connectivity index (χ3n) is 2.99. The molecule has 0 heterocycles. The highest BCUT2D eigenvalue weighted by atomic mass is 79.9. The van der Waals surface area contributed by atoms with Crippen molar-refractivity contribution < 1.29 is 4.79 Å². The Labute approximate surface area is 118 Å². The molecular weight excluding hydrogens is 312 g/mol. The first-order valence-corrected chi connectivity index (χ1v) is 6.65. The number of carbonyl (C=O) groups excluding carboxylic acids is 1. The molecule has 0 aromatic heterocycles. The number of hydrogen-bond acceptors (Lipinski definition) is 1. The van der Waals surface area contributed by atoms with Crippen molar-refractivity contribution in [3.63, 3.8) is 0 Å². The molecule has 1 aliphatic rings. The molecule has 0 N–H and O–H groups in total. The Balaban J connectivity index is 2.23. The number of benzene rings is 2. The monoisotopic (exact) mass is 318 g/mol. The van der Waals surface area contributed by atoms with Crippen LogP contribution in [0.2, 0.25) is 5.02 Å². The molecule has 0 unspecified atom stereocenters. The van der Waals surface area contributed by atoms with E-state index in [4.69, 9.17) is 11.6 Å². The lowest BCUT2D eigenvalue weighted by Gasteiger charge is -2.05. The van der Waals surface area contributed by atoms with Crippen LogP contribution in [0.3, 0.4) is 0 Å². The summed E-state index contributed by atoms with van der Waals surface area (Å²) in [7, 11) is 0. The van der Waals surface area contributed by atoms with E-state index in [1.807, 2.05) is 48.5 Å². The Bertz CT molecular complexity index is 671. The van der Waals surface area contributed by atoms with Gasteiger partial charge in [-0.25, -0.2) is 0 Å². The Kier molecular flexibility index (Phi) is 2.84. The molecule has 88 valence electrons. The number of Topliss-reactive ketones (excluding diaryl/α,β-unsaturated/α-hetero) is 1. The summed E-state index contributed by atoms with van der Waals surface area (Å²) in [4.78, 5) is 12.1. The standard InChI is InChI=1S/C15H8BrClO/c16-14-13(9-5-7-10(17)8-6-9)11-3-1-2-4-12(11)15(14)18/h1-8H. The molecule has 2 aromatic rings. The van der Waals surface area contributed by atoms with Crippen molar-refractivity contribution in [3.8, 4) is 0 Å². The SMILES string of the molecule is O=C1C(Br)=C(c2ccc(Cl)cc2)c2ccccc21. The fraction of sp³-hybridized carbons (Fsp3) is 0. The van der Waals surface area contributed by atoms with Crippen LogP contribution < -0.4 is 0 Å². The van der Waals surface area contributed by atoms with Gasteiger partial charge in [0.25, 0.3) is 0 Å². The molecule has 18 heavy (non-hydrogen) atoms. The topological polar surface area (TPSA) is 17.1 Å². The second kappa shape index (κ2) is 4.38. The molecular formula is C15H8BrClO. The highest BCUT2D eigenvalue weighted by Crippen LogP contribution is 2.40. The van der Waals surface area contributed by atoms with E-state index in [1.54, 1.807) is 0 Å². The smallest absolute Gasteiger partial charge is 0.201 e. The van der Waals surface area contributed by atoms with Gasteiger partial charge in [-0.1, -0.05) is 48.0 Å². The lowest BCUT2D eigenvalue weighted by atomic mass is 9.99. The van der Waals surface area contributed by atoms with Crippen LogP contribution in [0.25, 0.3) is 5.57 Å². The Morgan fingerprint density at radius 3 is 2.17 bits per heavy atom. The van der Waals surface area contributed by atoms with Crippen LogP contribution in [0.5, 0.6) is 0 Å². The van der Waals surface area contributed by atoms with Gasteiger partial charge < -0.3 is 0 Å². The second-order valence-corrected chi connectivity index (χ2v) is 5.30. The predicted octanol–water partition coefficient (Wildman–Crippen LogP) is 4.69. The number of carbonyl (C=O) groups is 1. The van der Waals surface area contributed by atoms with Crippen molar-refractivity contribution in [2.45, 2.75) is 0 Å². The third-order valence-corrected chi connectivity index (χ3v) is 4.00. The van der Waals surface area contributed by atoms with Gasteiger partial charge in [0.2, 0.25) is 5.78 Å². The maximum atomic E-state index is 12.1.